The minimum Gasteiger partial charge on any atom is -0.343 e. The number of nitrogens with one attached hydrogen (secondary N) is 1. The van der Waals surface area contributed by atoms with Gasteiger partial charge in [0.15, 0.2) is 0 Å². The average Bonchev–Trinajstić information content (AvgIpc) is 3.11. The van der Waals surface area contributed by atoms with Crippen molar-refractivity contribution < 1.29 is 0 Å². The number of aromatic nitrogens is 1. The Morgan fingerprint density at radius 2 is 1.46 bits per heavy atom. The maximum atomic E-state index is 3.99. The molecule has 1 N–H and O–H groups in total. The minimum atomic E-state index is 0.236. The Hall–Kier alpha value is -3.10. The first-order valence-corrected chi connectivity index (χ1v) is 9.85. The molecule has 3 aromatic carbocycles. The first-order valence-electron chi connectivity index (χ1n) is 9.85. The number of hydrogen-bond acceptors (Lipinski definition) is 1. The summed E-state index contributed by atoms with van der Waals surface area (Å²) in [4.78, 5) is 0. The molecule has 0 fully saturated rings. The van der Waals surface area contributed by atoms with Gasteiger partial charge in [0, 0.05) is 36.2 Å². The summed E-state index contributed by atoms with van der Waals surface area (Å²) in [6.07, 6.45) is 5.21. The molecule has 0 radical (unpaired) electrons. The first-order chi connectivity index (χ1) is 13.8. The van der Waals surface area contributed by atoms with Gasteiger partial charge in [-0.05, 0) is 29.2 Å². The Morgan fingerprint density at radius 3 is 2.18 bits per heavy atom. The second-order valence-electron chi connectivity index (χ2n) is 7.16. The molecule has 1 atom stereocenters. The molecule has 0 saturated heterocycles. The molecule has 2 nitrogen and oxygen atoms in total. The van der Waals surface area contributed by atoms with E-state index in [1.165, 1.54) is 27.6 Å². The maximum absolute atomic E-state index is 3.99. The van der Waals surface area contributed by atoms with Crippen LogP contribution in [0.4, 0.5) is 0 Å². The quantitative estimate of drug-likeness (QED) is 0.373. The van der Waals surface area contributed by atoms with Crippen molar-refractivity contribution in [1.29, 1.82) is 0 Å². The van der Waals surface area contributed by atoms with Crippen LogP contribution < -0.4 is 5.32 Å². The predicted octanol–water partition coefficient (Wildman–Crippen LogP) is 6.10. The van der Waals surface area contributed by atoms with Crippen LogP contribution in [0.3, 0.4) is 0 Å². The second kappa shape index (κ2) is 8.73. The van der Waals surface area contributed by atoms with E-state index in [9.17, 15) is 0 Å². The van der Waals surface area contributed by atoms with Crippen LogP contribution in [0.5, 0.6) is 0 Å². The largest absolute Gasteiger partial charge is 0.343 e. The van der Waals surface area contributed by atoms with E-state index in [-0.39, 0.29) is 6.04 Å². The van der Waals surface area contributed by atoms with E-state index in [0.29, 0.717) is 0 Å². The molecular weight excluding hydrogens is 340 g/mol. The van der Waals surface area contributed by atoms with E-state index in [1.807, 2.05) is 6.08 Å². The lowest BCUT2D eigenvalue weighted by Gasteiger charge is -2.17. The van der Waals surface area contributed by atoms with E-state index in [2.05, 4.69) is 108 Å². The van der Waals surface area contributed by atoms with Gasteiger partial charge in [0.25, 0.3) is 0 Å². The van der Waals surface area contributed by atoms with Crippen molar-refractivity contribution in [3.63, 3.8) is 0 Å². The smallest absolute Gasteiger partial charge is 0.0486 e. The minimum absolute atomic E-state index is 0.236. The van der Waals surface area contributed by atoms with Crippen molar-refractivity contribution in [3.8, 4) is 0 Å². The fourth-order valence-electron chi connectivity index (χ4n) is 3.79. The van der Waals surface area contributed by atoms with Gasteiger partial charge in [0.05, 0.1) is 0 Å². The van der Waals surface area contributed by atoms with E-state index >= 15 is 0 Å². The highest BCUT2D eigenvalue weighted by atomic mass is 15.0. The van der Waals surface area contributed by atoms with Crippen LogP contribution in [-0.4, -0.2) is 4.57 Å². The molecule has 0 saturated carbocycles. The number of hydrogen-bond donors (Lipinski definition) is 1. The highest BCUT2D eigenvalue weighted by molar-refractivity contribution is 5.84. The summed E-state index contributed by atoms with van der Waals surface area (Å²) in [6, 6.07) is 30.1. The molecule has 140 valence electrons. The topological polar surface area (TPSA) is 17.0 Å². The molecule has 0 unspecified atom stereocenters. The zero-order chi connectivity index (χ0) is 19.2. The molecule has 0 aliphatic rings. The van der Waals surface area contributed by atoms with Crippen LogP contribution in [0.25, 0.3) is 10.9 Å². The molecule has 0 bridgehead atoms. The van der Waals surface area contributed by atoms with Gasteiger partial charge in [-0.15, -0.1) is 6.58 Å². The lowest BCUT2D eigenvalue weighted by Crippen LogP contribution is -2.20. The van der Waals surface area contributed by atoms with Crippen LogP contribution in [-0.2, 0) is 13.1 Å². The number of fused-ring (bicyclic) bond motifs is 1. The van der Waals surface area contributed by atoms with Crippen LogP contribution >= 0.6 is 0 Å². The summed E-state index contributed by atoms with van der Waals surface area (Å²) in [5.41, 5.74) is 5.22. The molecule has 28 heavy (non-hydrogen) atoms. The summed E-state index contributed by atoms with van der Waals surface area (Å²) in [7, 11) is 0. The standard InChI is InChI=1S/C26H26N2/c1-2-11-25(27-18-21-12-5-3-6-13-21)24-20-28(19-22-14-7-4-8-15-22)26-17-10-9-16-23(24)26/h2-10,12-17,20,25,27H,1,11,18-19H2/t25-/m1/s1. The fraction of sp³-hybridized carbons (Fsp3) is 0.154. The van der Waals surface area contributed by atoms with Crippen LogP contribution in [0.2, 0.25) is 0 Å². The third-order valence-corrected chi connectivity index (χ3v) is 5.19. The first kappa shape index (κ1) is 18.3. The molecule has 1 heterocycles. The molecule has 0 amide bonds. The molecule has 0 aliphatic heterocycles. The van der Waals surface area contributed by atoms with E-state index in [4.69, 9.17) is 0 Å². The van der Waals surface area contributed by atoms with E-state index < -0.39 is 0 Å². The summed E-state index contributed by atoms with van der Waals surface area (Å²) < 4.78 is 2.36. The fourth-order valence-corrected chi connectivity index (χ4v) is 3.79. The normalized spacial score (nSPS) is 12.1. The third-order valence-electron chi connectivity index (χ3n) is 5.19. The Labute approximate surface area is 167 Å². The summed E-state index contributed by atoms with van der Waals surface area (Å²) in [6.45, 7) is 5.71. The molecular formula is C26H26N2. The Kier molecular flexibility index (Phi) is 5.69. The van der Waals surface area contributed by atoms with Crippen molar-refractivity contribution in [3.05, 3.63) is 120 Å². The molecule has 4 rings (SSSR count). The lowest BCUT2D eigenvalue weighted by atomic mass is 10.0. The number of nitrogens with zero attached hydrogens (tertiary/aromatic N) is 1. The molecule has 1 aromatic heterocycles. The third kappa shape index (κ3) is 4.08. The number of benzene rings is 3. The SMILES string of the molecule is C=CC[C@@H](NCc1ccccc1)c1cn(Cc2ccccc2)c2ccccc12. The van der Waals surface area contributed by atoms with Crippen LogP contribution in [0.15, 0.2) is 104 Å². The highest BCUT2D eigenvalue weighted by Crippen LogP contribution is 2.29. The molecule has 0 spiro atoms. The zero-order valence-corrected chi connectivity index (χ0v) is 16.1. The van der Waals surface area contributed by atoms with Gasteiger partial charge >= 0.3 is 0 Å². The summed E-state index contributed by atoms with van der Waals surface area (Å²) in [5, 5.41) is 5.05. The lowest BCUT2D eigenvalue weighted by molar-refractivity contribution is 0.540. The highest BCUT2D eigenvalue weighted by Gasteiger charge is 2.16. The molecule has 0 aliphatic carbocycles. The van der Waals surface area contributed by atoms with Crippen LogP contribution in [0.1, 0.15) is 29.2 Å². The average molecular weight is 367 g/mol. The number of rotatable bonds is 8. The summed E-state index contributed by atoms with van der Waals surface area (Å²) >= 11 is 0. The zero-order valence-electron chi connectivity index (χ0n) is 16.1. The predicted molar refractivity (Wildman–Crippen MR) is 118 cm³/mol. The van der Waals surface area contributed by atoms with Crippen molar-refractivity contribution in [2.45, 2.75) is 25.6 Å². The van der Waals surface area contributed by atoms with Gasteiger partial charge in [-0.1, -0.05) is 84.9 Å². The maximum Gasteiger partial charge on any atom is 0.0486 e. The van der Waals surface area contributed by atoms with Gasteiger partial charge in [-0.2, -0.15) is 0 Å². The van der Waals surface area contributed by atoms with Gasteiger partial charge in [-0.25, -0.2) is 0 Å². The molecule has 4 aromatic rings. The van der Waals surface area contributed by atoms with Crippen molar-refractivity contribution in [1.82, 2.24) is 9.88 Å². The van der Waals surface area contributed by atoms with Crippen molar-refractivity contribution in [2.24, 2.45) is 0 Å². The Morgan fingerprint density at radius 1 is 0.821 bits per heavy atom. The van der Waals surface area contributed by atoms with Crippen LogP contribution in [0, 0.1) is 0 Å². The van der Waals surface area contributed by atoms with Crippen molar-refractivity contribution in [2.75, 3.05) is 0 Å². The van der Waals surface area contributed by atoms with Crippen molar-refractivity contribution >= 4 is 10.9 Å². The second-order valence-corrected chi connectivity index (χ2v) is 7.16. The number of para-hydroxylation sites is 1. The van der Waals surface area contributed by atoms with Gasteiger partial charge < -0.3 is 9.88 Å². The summed E-state index contributed by atoms with van der Waals surface area (Å²) in [5.74, 6) is 0. The molecule has 2 heteroatoms. The van der Waals surface area contributed by atoms with E-state index in [0.717, 1.165) is 19.5 Å². The Bertz CT molecular complexity index is 1030. The van der Waals surface area contributed by atoms with Gasteiger partial charge in [0.2, 0.25) is 0 Å². The monoisotopic (exact) mass is 366 g/mol. The van der Waals surface area contributed by atoms with Gasteiger partial charge in [0.1, 0.15) is 0 Å². The van der Waals surface area contributed by atoms with Gasteiger partial charge in [-0.3, -0.25) is 0 Å². The van der Waals surface area contributed by atoms with E-state index in [1.54, 1.807) is 0 Å². The Balaban J connectivity index is 1.66.